The van der Waals surface area contributed by atoms with E-state index in [1.54, 1.807) is 24.3 Å². The molecular weight excluding hydrogens is 492 g/mol. The first-order chi connectivity index (χ1) is 17.9. The molecule has 0 atom stereocenters. The summed E-state index contributed by atoms with van der Waals surface area (Å²) < 4.78 is 16.7. The number of hydrogen-bond donors (Lipinski definition) is 1. The highest BCUT2D eigenvalue weighted by Gasteiger charge is 2.34. The van der Waals surface area contributed by atoms with Crippen LogP contribution in [0.3, 0.4) is 0 Å². The van der Waals surface area contributed by atoms with E-state index in [-0.39, 0.29) is 36.8 Å². The van der Waals surface area contributed by atoms with Crippen LogP contribution in [0.2, 0.25) is 0 Å². The molecule has 0 bridgehead atoms. The van der Waals surface area contributed by atoms with Gasteiger partial charge in [0.05, 0.1) is 18.6 Å². The van der Waals surface area contributed by atoms with Crippen molar-refractivity contribution in [2.45, 2.75) is 6.92 Å². The number of imide groups is 1. The van der Waals surface area contributed by atoms with E-state index >= 15 is 0 Å². The first kappa shape index (κ1) is 25.8. The predicted octanol–water partition coefficient (Wildman–Crippen LogP) is 5.14. The van der Waals surface area contributed by atoms with Crippen molar-refractivity contribution in [3.63, 3.8) is 0 Å². The van der Waals surface area contributed by atoms with Crippen LogP contribution >= 0.6 is 11.8 Å². The molecule has 1 fully saturated rings. The van der Waals surface area contributed by atoms with Crippen LogP contribution in [0.4, 0.5) is 10.5 Å². The van der Waals surface area contributed by atoms with Crippen LogP contribution in [-0.2, 0) is 9.59 Å². The average molecular weight is 519 g/mol. The molecule has 8 nitrogen and oxygen atoms in total. The van der Waals surface area contributed by atoms with Crippen molar-refractivity contribution in [2.75, 3.05) is 32.2 Å². The quantitative estimate of drug-likeness (QED) is 0.372. The molecule has 37 heavy (non-hydrogen) atoms. The third-order valence-electron chi connectivity index (χ3n) is 5.38. The van der Waals surface area contributed by atoms with Gasteiger partial charge in [0, 0.05) is 5.69 Å². The van der Waals surface area contributed by atoms with Gasteiger partial charge in [-0.3, -0.25) is 19.3 Å². The lowest BCUT2D eigenvalue weighted by Gasteiger charge is -2.13. The van der Waals surface area contributed by atoms with Crippen molar-refractivity contribution in [1.82, 2.24) is 4.90 Å². The second-order valence-corrected chi connectivity index (χ2v) is 9.10. The number of methoxy groups -OCH3 is 1. The largest absolute Gasteiger partial charge is 0.493 e. The fourth-order valence-electron chi connectivity index (χ4n) is 3.49. The Labute approximate surface area is 219 Å². The second kappa shape index (κ2) is 12.1. The fourth-order valence-corrected chi connectivity index (χ4v) is 4.35. The third kappa shape index (κ3) is 6.92. The number of amides is 3. The molecule has 4 rings (SSSR count). The molecule has 0 aliphatic carbocycles. The first-order valence-corrected chi connectivity index (χ1v) is 12.3. The molecule has 0 saturated carbocycles. The fraction of sp³-hybridized carbons (Fsp3) is 0.179. The number of carbonyl (C=O) groups is 3. The number of thioether (sulfide) groups is 1. The first-order valence-electron chi connectivity index (χ1n) is 11.5. The van der Waals surface area contributed by atoms with Crippen LogP contribution in [-0.4, -0.2) is 48.8 Å². The van der Waals surface area contributed by atoms with Gasteiger partial charge in [-0.15, -0.1) is 0 Å². The van der Waals surface area contributed by atoms with E-state index in [2.05, 4.69) is 5.32 Å². The van der Waals surface area contributed by atoms with Gasteiger partial charge in [0.1, 0.15) is 12.4 Å². The topological polar surface area (TPSA) is 94.2 Å². The molecule has 1 heterocycles. The average Bonchev–Trinajstić information content (AvgIpc) is 3.17. The highest BCUT2D eigenvalue weighted by Crippen LogP contribution is 2.34. The molecule has 9 heteroatoms. The van der Waals surface area contributed by atoms with Crippen LogP contribution in [0.1, 0.15) is 11.1 Å². The zero-order valence-electron chi connectivity index (χ0n) is 20.4. The molecule has 1 saturated heterocycles. The summed E-state index contributed by atoms with van der Waals surface area (Å²) in [4.78, 5) is 38.9. The minimum Gasteiger partial charge on any atom is -0.493 e. The van der Waals surface area contributed by atoms with E-state index in [1.165, 1.54) is 12.0 Å². The molecule has 0 aromatic heterocycles. The SMILES string of the molecule is COc1cc(/C=C2\SC(=O)N(CCOc3ccccc3)C2=O)ccc1OCC(=O)Nc1ccc(C)cc1. The molecule has 1 aliphatic heterocycles. The Morgan fingerprint density at radius 3 is 2.46 bits per heavy atom. The summed E-state index contributed by atoms with van der Waals surface area (Å²) in [6, 6.07) is 21.7. The number of nitrogens with zero attached hydrogens (tertiary/aromatic N) is 1. The number of anilines is 1. The van der Waals surface area contributed by atoms with Gasteiger partial charge in [-0.25, -0.2) is 0 Å². The molecule has 3 aromatic rings. The normalized spacial score (nSPS) is 14.1. The molecule has 1 N–H and O–H groups in total. The monoisotopic (exact) mass is 518 g/mol. The highest BCUT2D eigenvalue weighted by atomic mass is 32.2. The van der Waals surface area contributed by atoms with Gasteiger partial charge in [-0.2, -0.15) is 0 Å². The smallest absolute Gasteiger partial charge is 0.293 e. The Morgan fingerprint density at radius 1 is 0.973 bits per heavy atom. The van der Waals surface area contributed by atoms with Crippen molar-refractivity contribution >= 4 is 40.6 Å². The maximum Gasteiger partial charge on any atom is 0.293 e. The van der Waals surface area contributed by atoms with Crippen LogP contribution < -0.4 is 19.5 Å². The van der Waals surface area contributed by atoms with E-state index in [9.17, 15) is 14.4 Å². The maximum absolute atomic E-state index is 12.8. The predicted molar refractivity (Wildman–Crippen MR) is 143 cm³/mol. The summed E-state index contributed by atoms with van der Waals surface area (Å²) >= 11 is 0.874. The van der Waals surface area contributed by atoms with Gasteiger partial charge in [0.25, 0.3) is 17.1 Å². The van der Waals surface area contributed by atoms with Gasteiger partial charge in [0.2, 0.25) is 0 Å². The summed E-state index contributed by atoms with van der Waals surface area (Å²) in [6.45, 7) is 2.12. The van der Waals surface area contributed by atoms with E-state index in [0.29, 0.717) is 33.4 Å². The molecule has 3 aromatic carbocycles. The van der Waals surface area contributed by atoms with Crippen molar-refractivity contribution in [3.8, 4) is 17.2 Å². The van der Waals surface area contributed by atoms with Gasteiger partial charge in [-0.1, -0.05) is 42.0 Å². The Kier molecular flexibility index (Phi) is 8.48. The van der Waals surface area contributed by atoms with E-state index < -0.39 is 0 Å². The molecule has 3 amide bonds. The Balaban J connectivity index is 1.35. The van der Waals surface area contributed by atoms with Crippen LogP contribution in [0.25, 0.3) is 6.08 Å². The Morgan fingerprint density at radius 2 is 1.73 bits per heavy atom. The van der Waals surface area contributed by atoms with Crippen LogP contribution in [0.15, 0.2) is 77.7 Å². The number of benzene rings is 3. The van der Waals surface area contributed by atoms with Gasteiger partial charge >= 0.3 is 0 Å². The molecule has 0 unspecified atom stereocenters. The van der Waals surface area contributed by atoms with Crippen molar-refractivity contribution in [3.05, 3.63) is 88.8 Å². The molecule has 0 spiro atoms. The number of carbonyl (C=O) groups excluding carboxylic acids is 3. The number of ether oxygens (including phenoxy) is 3. The summed E-state index contributed by atoms with van der Waals surface area (Å²) in [5.74, 6) is 0.767. The number of nitrogens with one attached hydrogen (secondary N) is 1. The van der Waals surface area contributed by atoms with Crippen molar-refractivity contribution in [2.24, 2.45) is 0 Å². The van der Waals surface area contributed by atoms with E-state index in [4.69, 9.17) is 14.2 Å². The van der Waals surface area contributed by atoms with Gasteiger partial charge in [-0.05, 0) is 66.7 Å². The summed E-state index contributed by atoms with van der Waals surface area (Å²) in [7, 11) is 1.49. The highest BCUT2D eigenvalue weighted by molar-refractivity contribution is 8.18. The number of hydrogen-bond acceptors (Lipinski definition) is 7. The summed E-state index contributed by atoms with van der Waals surface area (Å²) in [6.07, 6.45) is 1.62. The van der Waals surface area contributed by atoms with Crippen molar-refractivity contribution in [1.29, 1.82) is 0 Å². The number of aryl methyl sites for hydroxylation is 1. The van der Waals surface area contributed by atoms with E-state index in [1.807, 2.05) is 61.5 Å². The standard InChI is InChI=1S/C28H26N2O6S/c1-19-8-11-21(12-9-19)29-26(31)18-36-23-13-10-20(16-24(23)34-2)17-25-27(32)30(28(33)37-25)14-15-35-22-6-4-3-5-7-22/h3-13,16-17H,14-15,18H2,1-2H3,(H,29,31)/b25-17-. The summed E-state index contributed by atoms with van der Waals surface area (Å²) in [5.41, 5.74) is 2.43. The molecule has 0 radical (unpaired) electrons. The van der Waals surface area contributed by atoms with Crippen LogP contribution in [0, 0.1) is 6.92 Å². The minimum absolute atomic E-state index is 0.150. The lowest BCUT2D eigenvalue weighted by molar-refractivity contribution is -0.123. The third-order valence-corrected chi connectivity index (χ3v) is 6.29. The minimum atomic E-state index is -0.376. The second-order valence-electron chi connectivity index (χ2n) is 8.11. The van der Waals surface area contributed by atoms with Crippen molar-refractivity contribution < 1.29 is 28.6 Å². The zero-order chi connectivity index (χ0) is 26.2. The van der Waals surface area contributed by atoms with Crippen LogP contribution in [0.5, 0.6) is 17.2 Å². The number of rotatable bonds is 10. The summed E-state index contributed by atoms with van der Waals surface area (Å²) in [5, 5.41) is 2.43. The lowest BCUT2D eigenvalue weighted by atomic mass is 10.2. The lowest BCUT2D eigenvalue weighted by Crippen LogP contribution is -2.32. The zero-order valence-corrected chi connectivity index (χ0v) is 21.2. The van der Waals surface area contributed by atoms with Gasteiger partial charge < -0.3 is 19.5 Å². The molecule has 190 valence electrons. The number of para-hydroxylation sites is 1. The Bertz CT molecular complexity index is 1310. The Hall–Kier alpha value is -4.24. The van der Waals surface area contributed by atoms with Gasteiger partial charge in [0.15, 0.2) is 18.1 Å². The molecule has 1 aliphatic rings. The molecular formula is C28H26N2O6S. The maximum atomic E-state index is 12.8. The van der Waals surface area contributed by atoms with E-state index in [0.717, 1.165) is 17.3 Å².